The van der Waals surface area contributed by atoms with Crippen LogP contribution in [0, 0.1) is 0 Å². The molecule has 2 aliphatic rings. The number of esters is 1. The lowest BCUT2D eigenvalue weighted by Gasteiger charge is -2.44. The van der Waals surface area contributed by atoms with Crippen LogP contribution in [0.1, 0.15) is 25.0 Å². The lowest BCUT2D eigenvalue weighted by Crippen LogP contribution is -2.70. The molecule has 30 heavy (non-hydrogen) atoms. The van der Waals surface area contributed by atoms with Crippen LogP contribution < -0.4 is 5.32 Å². The van der Waals surface area contributed by atoms with E-state index < -0.39 is 22.8 Å². The molecule has 156 valence electrons. The number of thioether (sulfide) groups is 1. The third-order valence-corrected chi connectivity index (χ3v) is 6.86. The quantitative estimate of drug-likeness (QED) is 0.562. The number of nitrogens with zero attached hydrogens (tertiary/aromatic N) is 2. The van der Waals surface area contributed by atoms with Gasteiger partial charge < -0.3 is 15.0 Å². The first-order chi connectivity index (χ1) is 14.4. The van der Waals surface area contributed by atoms with Crippen LogP contribution in [0.2, 0.25) is 0 Å². The lowest BCUT2D eigenvalue weighted by molar-refractivity contribution is -0.165. The van der Waals surface area contributed by atoms with Crippen molar-refractivity contribution >= 4 is 29.5 Å². The van der Waals surface area contributed by atoms with Gasteiger partial charge in [0.15, 0.2) is 0 Å². The SMILES string of the molecule is CC1(C)S[C@@H]2[C@H](NC(=O)Cc3ccccc3)C(=O)N2[C@H]1C(=O)OCc1cccnc1. The molecule has 0 spiro atoms. The number of benzene rings is 1. The number of β-lactam (4-membered cyclic amide) rings is 1. The first kappa shape index (κ1) is 20.4. The Labute approximate surface area is 179 Å². The number of carbonyl (C=O) groups excluding carboxylic acids is 3. The topological polar surface area (TPSA) is 88.6 Å². The average molecular weight is 426 g/mol. The summed E-state index contributed by atoms with van der Waals surface area (Å²) in [5.41, 5.74) is 1.67. The molecular formula is C22H23N3O4S. The molecule has 2 aliphatic heterocycles. The fraction of sp³-hybridized carbons (Fsp3) is 0.364. The Kier molecular flexibility index (Phi) is 5.51. The van der Waals surface area contributed by atoms with E-state index in [1.807, 2.05) is 50.2 Å². The fourth-order valence-corrected chi connectivity index (χ4v) is 5.47. The molecule has 0 saturated carbocycles. The molecule has 1 aromatic heterocycles. The van der Waals surface area contributed by atoms with Crippen molar-refractivity contribution in [1.29, 1.82) is 0 Å². The van der Waals surface area contributed by atoms with E-state index in [9.17, 15) is 14.4 Å². The van der Waals surface area contributed by atoms with Crippen molar-refractivity contribution in [2.24, 2.45) is 0 Å². The maximum atomic E-state index is 12.8. The highest BCUT2D eigenvalue weighted by Gasteiger charge is 2.64. The summed E-state index contributed by atoms with van der Waals surface area (Å²) in [6.45, 7) is 3.94. The Morgan fingerprint density at radius 3 is 2.60 bits per heavy atom. The Bertz CT molecular complexity index is 951. The zero-order valence-corrected chi connectivity index (χ0v) is 17.6. The molecule has 0 unspecified atom stereocenters. The summed E-state index contributed by atoms with van der Waals surface area (Å²) in [6, 6.07) is 11.7. The van der Waals surface area contributed by atoms with E-state index in [1.54, 1.807) is 23.4 Å². The van der Waals surface area contributed by atoms with Gasteiger partial charge in [-0.05, 0) is 25.5 Å². The third-order valence-electron chi connectivity index (χ3n) is 5.29. The van der Waals surface area contributed by atoms with Crippen molar-refractivity contribution in [1.82, 2.24) is 15.2 Å². The summed E-state index contributed by atoms with van der Waals surface area (Å²) in [6.07, 6.45) is 3.50. The first-order valence-corrected chi connectivity index (χ1v) is 10.6. The number of aromatic nitrogens is 1. The number of pyridine rings is 1. The highest BCUT2D eigenvalue weighted by atomic mass is 32.2. The Morgan fingerprint density at radius 2 is 1.90 bits per heavy atom. The summed E-state index contributed by atoms with van der Waals surface area (Å²) in [4.78, 5) is 43.5. The number of nitrogens with one attached hydrogen (secondary N) is 1. The molecule has 1 N–H and O–H groups in total. The Hall–Kier alpha value is -2.87. The average Bonchev–Trinajstić information content (AvgIpc) is 2.99. The number of ether oxygens (including phenoxy) is 1. The van der Waals surface area contributed by atoms with E-state index in [1.165, 1.54) is 11.8 Å². The molecule has 0 bridgehead atoms. The molecule has 2 amide bonds. The minimum absolute atomic E-state index is 0.105. The van der Waals surface area contributed by atoms with Crippen molar-refractivity contribution < 1.29 is 19.1 Å². The van der Waals surface area contributed by atoms with Gasteiger partial charge in [0, 0.05) is 22.7 Å². The zero-order valence-electron chi connectivity index (χ0n) is 16.8. The molecule has 3 atom stereocenters. The number of carbonyl (C=O) groups is 3. The van der Waals surface area contributed by atoms with Crippen LogP contribution in [0.4, 0.5) is 0 Å². The summed E-state index contributed by atoms with van der Waals surface area (Å²) >= 11 is 1.51. The number of hydrogen-bond donors (Lipinski definition) is 1. The predicted molar refractivity (Wildman–Crippen MR) is 112 cm³/mol. The van der Waals surface area contributed by atoms with Crippen LogP contribution in [0.3, 0.4) is 0 Å². The molecule has 0 aliphatic carbocycles. The van der Waals surface area contributed by atoms with Crippen LogP contribution >= 0.6 is 11.8 Å². The molecule has 2 aromatic rings. The maximum Gasteiger partial charge on any atom is 0.330 e. The van der Waals surface area contributed by atoms with E-state index in [4.69, 9.17) is 4.74 Å². The maximum absolute atomic E-state index is 12.8. The minimum Gasteiger partial charge on any atom is -0.459 e. The standard InChI is InChI=1S/C22H23N3O4S/c1-22(2)18(21(28)29-13-15-9-6-10-23-12-15)25-19(27)17(20(25)30-22)24-16(26)11-14-7-4-3-5-8-14/h3-10,12,17-18,20H,11,13H2,1-2H3,(H,24,26)/t17-,18+,20-/m1/s1. The smallest absolute Gasteiger partial charge is 0.330 e. The normalized spacial score (nSPS) is 24.0. The molecular weight excluding hydrogens is 402 g/mol. The van der Waals surface area contributed by atoms with Gasteiger partial charge in [-0.1, -0.05) is 36.4 Å². The van der Waals surface area contributed by atoms with E-state index in [0.29, 0.717) is 0 Å². The van der Waals surface area contributed by atoms with Crippen LogP contribution in [0.5, 0.6) is 0 Å². The van der Waals surface area contributed by atoms with Crippen molar-refractivity contribution in [2.45, 2.75) is 49.1 Å². The van der Waals surface area contributed by atoms with Crippen LogP contribution in [0.25, 0.3) is 0 Å². The van der Waals surface area contributed by atoms with Gasteiger partial charge in [-0.15, -0.1) is 11.8 Å². The van der Waals surface area contributed by atoms with Gasteiger partial charge in [0.2, 0.25) is 11.8 Å². The highest BCUT2D eigenvalue weighted by Crippen LogP contribution is 2.51. The van der Waals surface area contributed by atoms with Gasteiger partial charge in [0.25, 0.3) is 0 Å². The second-order valence-corrected chi connectivity index (χ2v) is 9.71. The van der Waals surface area contributed by atoms with Crippen molar-refractivity contribution in [3.63, 3.8) is 0 Å². The highest BCUT2D eigenvalue weighted by molar-refractivity contribution is 8.01. The second kappa shape index (κ2) is 8.10. The van der Waals surface area contributed by atoms with Crippen molar-refractivity contribution in [2.75, 3.05) is 0 Å². The molecule has 2 fully saturated rings. The van der Waals surface area contributed by atoms with Gasteiger partial charge in [-0.25, -0.2) is 4.79 Å². The van der Waals surface area contributed by atoms with Crippen LogP contribution in [0.15, 0.2) is 54.9 Å². The minimum atomic E-state index is -0.695. The van der Waals surface area contributed by atoms with Gasteiger partial charge >= 0.3 is 5.97 Å². The van der Waals surface area contributed by atoms with E-state index in [2.05, 4.69) is 10.3 Å². The summed E-state index contributed by atoms with van der Waals surface area (Å²) < 4.78 is 4.95. The Balaban J connectivity index is 1.39. The molecule has 4 rings (SSSR count). The monoisotopic (exact) mass is 425 g/mol. The number of hydrogen-bond acceptors (Lipinski definition) is 6. The fourth-order valence-electron chi connectivity index (χ4n) is 3.85. The number of rotatable bonds is 6. The molecule has 3 heterocycles. The van der Waals surface area contributed by atoms with Gasteiger partial charge in [-0.3, -0.25) is 14.6 Å². The number of fused-ring (bicyclic) bond motifs is 1. The third kappa shape index (κ3) is 3.92. The number of amides is 2. The molecule has 2 saturated heterocycles. The van der Waals surface area contributed by atoms with Crippen molar-refractivity contribution in [3.8, 4) is 0 Å². The molecule has 1 aromatic carbocycles. The van der Waals surface area contributed by atoms with E-state index >= 15 is 0 Å². The van der Waals surface area contributed by atoms with Gasteiger partial charge in [0.1, 0.15) is 24.1 Å². The van der Waals surface area contributed by atoms with Gasteiger partial charge in [-0.2, -0.15) is 0 Å². The zero-order chi connectivity index (χ0) is 21.3. The largest absolute Gasteiger partial charge is 0.459 e. The Morgan fingerprint density at radius 1 is 1.17 bits per heavy atom. The predicted octanol–water partition coefficient (Wildman–Crippen LogP) is 1.91. The first-order valence-electron chi connectivity index (χ1n) is 9.75. The van der Waals surface area contributed by atoms with Crippen LogP contribution in [-0.2, 0) is 32.1 Å². The molecule has 7 nitrogen and oxygen atoms in total. The summed E-state index contributed by atoms with van der Waals surface area (Å²) in [5.74, 6) is -0.899. The van der Waals surface area contributed by atoms with Crippen LogP contribution in [-0.4, -0.2) is 49.9 Å². The summed E-state index contributed by atoms with van der Waals surface area (Å²) in [7, 11) is 0. The second-order valence-electron chi connectivity index (χ2n) is 7.94. The summed E-state index contributed by atoms with van der Waals surface area (Å²) in [5, 5.41) is 2.55. The van der Waals surface area contributed by atoms with Crippen molar-refractivity contribution in [3.05, 3.63) is 66.0 Å². The lowest BCUT2D eigenvalue weighted by atomic mass is 9.96. The van der Waals surface area contributed by atoms with E-state index in [-0.39, 0.29) is 30.2 Å². The van der Waals surface area contributed by atoms with E-state index in [0.717, 1.165) is 11.1 Å². The molecule has 0 radical (unpaired) electrons. The van der Waals surface area contributed by atoms with Gasteiger partial charge in [0.05, 0.1) is 6.42 Å². The molecule has 8 heteroatoms.